The Bertz CT molecular complexity index is 982. The summed E-state index contributed by atoms with van der Waals surface area (Å²) in [6.07, 6.45) is 1.81. The van der Waals surface area contributed by atoms with E-state index in [0.29, 0.717) is 22.7 Å². The number of aryl methyl sites for hydroxylation is 1. The lowest BCUT2D eigenvalue weighted by Gasteiger charge is -2.47. The number of fused-ring (bicyclic) bond motifs is 3. The fourth-order valence-electron chi connectivity index (χ4n) is 3.87. The monoisotopic (exact) mass is 381 g/mol. The standard InChI is InChI=1S/C20H19N3O5/c1-3-10-22-18(25)15-6-4-5-7-16(15)23-17(24)8-9-20(22,23)19(26)27-12-14-11-13(2)21-28-14/h3-7,11H,1,8-10,12H2,2H3/t20-/m1/s1. The third-order valence-electron chi connectivity index (χ3n) is 5.03. The van der Waals surface area contributed by atoms with Crippen molar-refractivity contribution in [2.24, 2.45) is 0 Å². The molecule has 1 fully saturated rings. The Labute approximate surface area is 161 Å². The number of nitrogens with zero attached hydrogens (tertiary/aromatic N) is 3. The zero-order valence-corrected chi connectivity index (χ0v) is 15.4. The number of hydrogen-bond donors (Lipinski definition) is 0. The minimum atomic E-state index is -1.54. The Hall–Kier alpha value is -3.42. The van der Waals surface area contributed by atoms with Gasteiger partial charge in [0.1, 0.15) is 0 Å². The lowest BCUT2D eigenvalue weighted by Crippen LogP contribution is -2.68. The first-order valence-corrected chi connectivity index (χ1v) is 8.93. The van der Waals surface area contributed by atoms with Crippen LogP contribution in [0.3, 0.4) is 0 Å². The van der Waals surface area contributed by atoms with Gasteiger partial charge in [-0.1, -0.05) is 23.4 Å². The maximum atomic E-state index is 13.3. The van der Waals surface area contributed by atoms with Gasteiger partial charge in [-0.3, -0.25) is 14.5 Å². The van der Waals surface area contributed by atoms with Crippen LogP contribution in [0.15, 0.2) is 47.5 Å². The van der Waals surface area contributed by atoms with Crippen LogP contribution in [0, 0.1) is 6.92 Å². The van der Waals surface area contributed by atoms with Crippen molar-refractivity contribution in [3.05, 3.63) is 60.0 Å². The molecule has 2 aliphatic heterocycles. The molecule has 4 rings (SSSR count). The molecule has 1 saturated heterocycles. The Morgan fingerprint density at radius 2 is 2.18 bits per heavy atom. The van der Waals surface area contributed by atoms with Gasteiger partial charge in [0, 0.05) is 25.5 Å². The summed E-state index contributed by atoms with van der Waals surface area (Å²) in [6.45, 7) is 5.42. The third kappa shape index (κ3) is 2.52. The first-order valence-electron chi connectivity index (χ1n) is 8.93. The van der Waals surface area contributed by atoms with E-state index in [2.05, 4.69) is 11.7 Å². The molecule has 1 atom stereocenters. The topological polar surface area (TPSA) is 93.0 Å². The van der Waals surface area contributed by atoms with E-state index in [1.165, 1.54) is 15.9 Å². The number of carbonyl (C=O) groups is 3. The first kappa shape index (κ1) is 18.0. The fraction of sp³-hybridized carbons (Fsp3) is 0.300. The molecule has 3 heterocycles. The van der Waals surface area contributed by atoms with E-state index in [1.54, 1.807) is 37.3 Å². The number of carbonyl (C=O) groups excluding carboxylic acids is 3. The summed E-state index contributed by atoms with van der Waals surface area (Å²) >= 11 is 0. The highest BCUT2D eigenvalue weighted by Gasteiger charge is 2.61. The van der Waals surface area contributed by atoms with Crippen molar-refractivity contribution in [2.75, 3.05) is 11.4 Å². The minimum absolute atomic E-state index is 0.105. The number of benzene rings is 1. The average molecular weight is 381 g/mol. The van der Waals surface area contributed by atoms with E-state index in [-0.39, 0.29) is 37.8 Å². The highest BCUT2D eigenvalue weighted by molar-refractivity contribution is 6.15. The number of aromatic nitrogens is 1. The molecule has 0 unspecified atom stereocenters. The number of anilines is 1. The highest BCUT2D eigenvalue weighted by Crippen LogP contribution is 2.45. The molecule has 1 aromatic carbocycles. The molecule has 8 heteroatoms. The van der Waals surface area contributed by atoms with Gasteiger partial charge in [-0.05, 0) is 19.1 Å². The molecule has 1 aromatic heterocycles. The molecule has 0 N–H and O–H groups in total. The Morgan fingerprint density at radius 3 is 2.89 bits per heavy atom. The molecule has 0 radical (unpaired) electrons. The summed E-state index contributed by atoms with van der Waals surface area (Å²) in [5, 5.41) is 3.76. The zero-order chi connectivity index (χ0) is 19.9. The molecule has 0 bridgehead atoms. The van der Waals surface area contributed by atoms with Crippen LogP contribution in [0.5, 0.6) is 0 Å². The third-order valence-corrected chi connectivity index (χ3v) is 5.03. The van der Waals surface area contributed by atoms with E-state index in [9.17, 15) is 14.4 Å². The van der Waals surface area contributed by atoms with Crippen molar-refractivity contribution < 1.29 is 23.6 Å². The number of hydrogen-bond acceptors (Lipinski definition) is 6. The number of esters is 1. The Kier molecular flexibility index (Phi) is 4.26. The van der Waals surface area contributed by atoms with E-state index in [1.807, 2.05) is 0 Å². The fourth-order valence-corrected chi connectivity index (χ4v) is 3.87. The van der Waals surface area contributed by atoms with E-state index >= 15 is 0 Å². The van der Waals surface area contributed by atoms with Gasteiger partial charge < -0.3 is 14.2 Å². The summed E-state index contributed by atoms with van der Waals surface area (Å²) in [5.74, 6) is -0.872. The zero-order valence-electron chi connectivity index (χ0n) is 15.4. The average Bonchev–Trinajstić information content (AvgIpc) is 3.27. The van der Waals surface area contributed by atoms with Crippen molar-refractivity contribution in [1.82, 2.24) is 10.1 Å². The number of para-hydroxylation sites is 1. The van der Waals surface area contributed by atoms with Gasteiger partial charge in [0.2, 0.25) is 11.6 Å². The van der Waals surface area contributed by atoms with Gasteiger partial charge in [0.05, 0.1) is 16.9 Å². The van der Waals surface area contributed by atoms with Gasteiger partial charge in [0.25, 0.3) is 5.91 Å². The molecule has 0 aliphatic carbocycles. The van der Waals surface area contributed by atoms with E-state index in [4.69, 9.17) is 9.26 Å². The SMILES string of the molecule is C=CCN1C(=O)c2ccccc2N2C(=O)CC[C@@]12C(=O)OCc1cc(C)no1. The number of amides is 2. The van der Waals surface area contributed by atoms with Crippen molar-refractivity contribution in [1.29, 1.82) is 0 Å². The molecule has 0 saturated carbocycles. The van der Waals surface area contributed by atoms with Crippen LogP contribution in [-0.4, -0.2) is 40.0 Å². The van der Waals surface area contributed by atoms with Crippen LogP contribution in [0.25, 0.3) is 0 Å². The molecule has 2 aromatic rings. The van der Waals surface area contributed by atoms with Gasteiger partial charge >= 0.3 is 5.97 Å². The predicted octanol–water partition coefficient (Wildman–Crippen LogP) is 2.19. The predicted molar refractivity (Wildman–Crippen MR) is 98.2 cm³/mol. The van der Waals surface area contributed by atoms with Crippen LogP contribution in [0.2, 0.25) is 0 Å². The number of rotatable bonds is 5. The largest absolute Gasteiger partial charge is 0.454 e. The van der Waals surface area contributed by atoms with E-state index in [0.717, 1.165) is 0 Å². The van der Waals surface area contributed by atoms with Crippen molar-refractivity contribution in [3.63, 3.8) is 0 Å². The summed E-state index contributed by atoms with van der Waals surface area (Å²) < 4.78 is 10.6. The van der Waals surface area contributed by atoms with Crippen LogP contribution in [0.1, 0.15) is 34.7 Å². The summed E-state index contributed by atoms with van der Waals surface area (Å²) in [5.41, 5.74) is -0.0835. The maximum Gasteiger partial charge on any atom is 0.354 e. The van der Waals surface area contributed by atoms with Gasteiger partial charge in [-0.25, -0.2) is 4.79 Å². The van der Waals surface area contributed by atoms with Gasteiger partial charge in [0.15, 0.2) is 12.4 Å². The summed E-state index contributed by atoms with van der Waals surface area (Å²) in [4.78, 5) is 41.9. The second-order valence-electron chi connectivity index (χ2n) is 6.78. The van der Waals surface area contributed by atoms with Crippen LogP contribution in [0.4, 0.5) is 5.69 Å². The summed E-state index contributed by atoms with van der Waals surface area (Å²) in [6, 6.07) is 8.43. The molecular formula is C20H19N3O5. The smallest absolute Gasteiger partial charge is 0.354 e. The van der Waals surface area contributed by atoms with E-state index < -0.39 is 11.6 Å². The molecule has 8 nitrogen and oxygen atoms in total. The van der Waals surface area contributed by atoms with Gasteiger partial charge in [-0.15, -0.1) is 6.58 Å². The van der Waals surface area contributed by atoms with Crippen LogP contribution >= 0.6 is 0 Å². The second-order valence-corrected chi connectivity index (χ2v) is 6.78. The first-order chi connectivity index (χ1) is 13.5. The van der Waals surface area contributed by atoms with Crippen molar-refractivity contribution >= 4 is 23.5 Å². The molecule has 144 valence electrons. The Morgan fingerprint density at radius 1 is 1.39 bits per heavy atom. The molecule has 28 heavy (non-hydrogen) atoms. The van der Waals surface area contributed by atoms with Gasteiger partial charge in [-0.2, -0.15) is 0 Å². The second kappa shape index (κ2) is 6.63. The quantitative estimate of drug-likeness (QED) is 0.582. The number of ether oxygens (including phenoxy) is 1. The minimum Gasteiger partial charge on any atom is -0.454 e. The normalized spacial score (nSPS) is 20.8. The lowest BCUT2D eigenvalue weighted by atomic mass is 9.96. The Balaban J connectivity index is 1.76. The van der Waals surface area contributed by atoms with Crippen molar-refractivity contribution in [3.8, 4) is 0 Å². The molecule has 0 spiro atoms. The van der Waals surface area contributed by atoms with Crippen LogP contribution < -0.4 is 4.90 Å². The van der Waals surface area contributed by atoms with Crippen molar-refractivity contribution in [2.45, 2.75) is 32.0 Å². The molecular weight excluding hydrogens is 362 g/mol. The van der Waals surface area contributed by atoms with Crippen LogP contribution in [-0.2, 0) is 20.9 Å². The highest BCUT2D eigenvalue weighted by atomic mass is 16.6. The summed E-state index contributed by atoms with van der Waals surface area (Å²) in [7, 11) is 0. The maximum absolute atomic E-state index is 13.3. The molecule has 2 amide bonds. The lowest BCUT2D eigenvalue weighted by molar-refractivity contribution is -0.159. The molecule has 2 aliphatic rings.